The lowest BCUT2D eigenvalue weighted by atomic mass is 9.95. The third kappa shape index (κ3) is 8.39. The number of carboxylic acids is 2. The summed E-state index contributed by atoms with van der Waals surface area (Å²) < 4.78 is 0. The molecular formula is C24H27NO5S2. The number of benzene rings is 1. The Labute approximate surface area is 195 Å². The molecule has 0 aliphatic carbocycles. The minimum absolute atomic E-state index is 0.447. The minimum Gasteiger partial charge on any atom is -0.545 e. The molecule has 4 N–H and O–H groups in total. The van der Waals surface area contributed by atoms with E-state index in [9.17, 15) is 19.8 Å². The molecule has 2 aromatic heterocycles. The molecule has 0 bridgehead atoms. The van der Waals surface area contributed by atoms with E-state index in [1.165, 1.54) is 5.56 Å². The molecule has 0 amide bonds. The molecule has 1 unspecified atom stereocenters. The van der Waals surface area contributed by atoms with E-state index in [0.29, 0.717) is 18.2 Å². The van der Waals surface area contributed by atoms with Crippen LogP contribution in [0, 0.1) is 0 Å². The predicted molar refractivity (Wildman–Crippen MR) is 124 cm³/mol. The van der Waals surface area contributed by atoms with Crippen molar-refractivity contribution in [2.24, 2.45) is 0 Å². The molecule has 170 valence electrons. The van der Waals surface area contributed by atoms with E-state index in [4.69, 9.17) is 5.11 Å². The SMILES string of the molecule is CC(Cc1ccccc1)[NH2+]CCC(O)(c1cccs1)c1cccs1.O=C([O-])/C=C/C(=O)O. The van der Waals surface area contributed by atoms with Crippen LogP contribution in [0.25, 0.3) is 0 Å². The van der Waals surface area contributed by atoms with Gasteiger partial charge in [0.15, 0.2) is 0 Å². The standard InChI is InChI=1S/C20H23NOS2.C4H4O4/c1-16(15-17-7-3-2-4-8-17)21-12-11-20(22,18-9-5-13-23-18)19-10-6-14-24-19;5-3(6)1-2-4(7)8/h2-10,13-14,16,21-22H,11-12,15H2,1H3;1-2H,(H,5,6)(H,7,8)/b;2-1+. The van der Waals surface area contributed by atoms with Crippen molar-refractivity contribution in [2.45, 2.75) is 31.4 Å². The van der Waals surface area contributed by atoms with Crippen LogP contribution in [0.1, 0.15) is 28.7 Å². The quantitative estimate of drug-likeness (QED) is 0.390. The van der Waals surface area contributed by atoms with Gasteiger partial charge in [0.2, 0.25) is 0 Å². The predicted octanol–water partition coefficient (Wildman–Crippen LogP) is 2.01. The average Bonchev–Trinajstić information content (AvgIpc) is 3.48. The first-order chi connectivity index (χ1) is 15.3. The molecule has 0 radical (unpaired) electrons. The first-order valence-corrected chi connectivity index (χ1v) is 11.9. The summed E-state index contributed by atoms with van der Waals surface area (Å²) in [6.07, 6.45) is 2.72. The normalized spacial score (nSPS) is 12.2. The first kappa shape index (κ1) is 25.5. The lowest BCUT2D eigenvalue weighted by molar-refractivity contribution is -0.687. The first-order valence-electron chi connectivity index (χ1n) is 10.1. The molecule has 3 rings (SSSR count). The van der Waals surface area contributed by atoms with Crippen LogP contribution >= 0.6 is 22.7 Å². The van der Waals surface area contributed by atoms with Crippen molar-refractivity contribution in [2.75, 3.05) is 6.54 Å². The van der Waals surface area contributed by atoms with Crippen molar-refractivity contribution >= 4 is 34.6 Å². The molecule has 1 atom stereocenters. The third-order valence-electron chi connectivity index (χ3n) is 4.70. The Morgan fingerprint density at radius 1 is 1.03 bits per heavy atom. The summed E-state index contributed by atoms with van der Waals surface area (Å²) in [5, 5.41) is 35.0. The Hall–Kier alpha value is -2.78. The maximum Gasteiger partial charge on any atom is 0.328 e. The number of carboxylic acid groups (broad SMARTS) is 2. The molecule has 8 heteroatoms. The third-order valence-corrected chi connectivity index (χ3v) is 6.74. The van der Waals surface area contributed by atoms with E-state index in [2.05, 4.69) is 42.6 Å². The Balaban J connectivity index is 0.000000390. The van der Waals surface area contributed by atoms with Gasteiger partial charge in [0.05, 0.1) is 18.6 Å². The van der Waals surface area contributed by atoms with Crippen LogP contribution in [-0.2, 0) is 21.6 Å². The minimum atomic E-state index is -1.51. The van der Waals surface area contributed by atoms with Crippen molar-refractivity contribution in [3.05, 3.63) is 92.8 Å². The number of carbonyl (C=O) groups is 2. The number of rotatable bonds is 10. The molecule has 1 aromatic carbocycles. The van der Waals surface area contributed by atoms with Crippen molar-refractivity contribution in [3.8, 4) is 0 Å². The van der Waals surface area contributed by atoms with Crippen molar-refractivity contribution < 1.29 is 30.2 Å². The van der Waals surface area contributed by atoms with E-state index in [1.54, 1.807) is 22.7 Å². The van der Waals surface area contributed by atoms with Crippen molar-refractivity contribution in [3.63, 3.8) is 0 Å². The van der Waals surface area contributed by atoms with Crippen LogP contribution in [-0.4, -0.2) is 34.7 Å². The van der Waals surface area contributed by atoms with Crippen LogP contribution in [0.5, 0.6) is 0 Å². The van der Waals surface area contributed by atoms with Gasteiger partial charge in [-0.1, -0.05) is 42.5 Å². The summed E-state index contributed by atoms with van der Waals surface area (Å²) in [7, 11) is 0. The Kier molecular flexibility index (Phi) is 10.3. The van der Waals surface area contributed by atoms with Crippen LogP contribution in [0.2, 0.25) is 0 Å². The van der Waals surface area contributed by atoms with Crippen LogP contribution in [0.3, 0.4) is 0 Å². The van der Waals surface area contributed by atoms with Gasteiger partial charge in [-0.05, 0) is 41.5 Å². The second kappa shape index (κ2) is 12.9. The second-order valence-corrected chi connectivity index (χ2v) is 9.14. The highest BCUT2D eigenvalue weighted by molar-refractivity contribution is 7.11. The van der Waals surface area contributed by atoms with E-state index in [0.717, 1.165) is 29.1 Å². The molecule has 3 aromatic rings. The van der Waals surface area contributed by atoms with Crippen molar-refractivity contribution in [1.82, 2.24) is 0 Å². The number of thiophene rings is 2. The topological polar surface area (TPSA) is 114 Å². The number of quaternary nitrogens is 1. The fourth-order valence-electron chi connectivity index (χ4n) is 3.18. The molecule has 0 aliphatic heterocycles. The lowest BCUT2D eigenvalue weighted by Gasteiger charge is -2.26. The number of aliphatic hydroxyl groups is 1. The van der Waals surface area contributed by atoms with E-state index in [1.807, 2.05) is 35.0 Å². The highest BCUT2D eigenvalue weighted by atomic mass is 32.1. The Morgan fingerprint density at radius 2 is 1.62 bits per heavy atom. The van der Waals surface area contributed by atoms with Gasteiger partial charge in [-0.2, -0.15) is 0 Å². The van der Waals surface area contributed by atoms with Gasteiger partial charge >= 0.3 is 5.97 Å². The molecule has 2 heterocycles. The zero-order valence-electron chi connectivity index (χ0n) is 17.7. The molecule has 0 fully saturated rings. The van der Waals surface area contributed by atoms with Crippen LogP contribution in [0.4, 0.5) is 0 Å². The molecule has 32 heavy (non-hydrogen) atoms. The largest absolute Gasteiger partial charge is 0.545 e. The highest BCUT2D eigenvalue weighted by Crippen LogP contribution is 2.37. The van der Waals surface area contributed by atoms with Crippen LogP contribution < -0.4 is 10.4 Å². The number of aliphatic carboxylic acids is 2. The van der Waals surface area contributed by atoms with Gasteiger partial charge in [-0.25, -0.2) is 4.79 Å². The molecular weight excluding hydrogens is 446 g/mol. The Bertz CT molecular complexity index is 919. The van der Waals surface area contributed by atoms with Gasteiger partial charge < -0.3 is 25.4 Å². The summed E-state index contributed by atoms with van der Waals surface area (Å²) in [4.78, 5) is 21.0. The van der Waals surface area contributed by atoms with Gasteiger partial charge in [-0.3, -0.25) is 0 Å². The summed E-state index contributed by atoms with van der Waals surface area (Å²) >= 11 is 3.26. The molecule has 0 saturated heterocycles. The maximum atomic E-state index is 11.3. The highest BCUT2D eigenvalue weighted by Gasteiger charge is 2.34. The average molecular weight is 474 g/mol. The molecule has 6 nitrogen and oxygen atoms in total. The van der Waals surface area contributed by atoms with E-state index >= 15 is 0 Å². The summed E-state index contributed by atoms with van der Waals surface area (Å²) in [5.74, 6) is -2.80. The molecule has 0 saturated carbocycles. The zero-order valence-corrected chi connectivity index (χ0v) is 19.4. The van der Waals surface area contributed by atoms with Crippen LogP contribution in [0.15, 0.2) is 77.5 Å². The molecule has 0 aliphatic rings. The maximum absolute atomic E-state index is 11.3. The Morgan fingerprint density at radius 3 is 2.06 bits per heavy atom. The van der Waals surface area contributed by atoms with Crippen molar-refractivity contribution in [1.29, 1.82) is 0 Å². The fraction of sp³-hybridized carbons (Fsp3) is 0.250. The van der Waals surface area contributed by atoms with Gasteiger partial charge in [-0.15, -0.1) is 22.7 Å². The smallest absolute Gasteiger partial charge is 0.328 e. The zero-order chi connectivity index (χ0) is 23.4. The number of nitrogens with two attached hydrogens (primary N) is 1. The number of carbonyl (C=O) groups excluding carboxylic acids is 1. The second-order valence-electron chi connectivity index (χ2n) is 7.25. The monoisotopic (exact) mass is 473 g/mol. The lowest BCUT2D eigenvalue weighted by Crippen LogP contribution is -2.90. The van der Waals surface area contributed by atoms with E-state index in [-0.39, 0.29) is 0 Å². The fourth-order valence-corrected chi connectivity index (χ4v) is 4.98. The number of hydrogen-bond acceptors (Lipinski definition) is 6. The van der Waals surface area contributed by atoms with Gasteiger partial charge in [0.1, 0.15) is 5.60 Å². The van der Waals surface area contributed by atoms with E-state index < -0.39 is 17.5 Å². The summed E-state index contributed by atoms with van der Waals surface area (Å²) in [6.45, 7) is 3.16. The summed E-state index contributed by atoms with van der Waals surface area (Å²) in [5.41, 5.74) is 0.513. The molecule has 0 spiro atoms. The number of hydrogen-bond donors (Lipinski definition) is 3. The van der Waals surface area contributed by atoms with Gasteiger partial charge in [0, 0.05) is 28.7 Å². The van der Waals surface area contributed by atoms with Gasteiger partial charge in [0.25, 0.3) is 0 Å². The summed E-state index contributed by atoms with van der Waals surface area (Å²) in [6, 6.07) is 19.2.